The minimum atomic E-state index is 0.491. The van der Waals surface area contributed by atoms with Gasteiger partial charge in [-0.3, -0.25) is 0 Å². The summed E-state index contributed by atoms with van der Waals surface area (Å²) >= 11 is 1.92. The average Bonchev–Trinajstić information content (AvgIpc) is 2.14. The molecule has 1 aliphatic rings. The topological polar surface area (TPSA) is 26.0 Å². The molecule has 1 aliphatic carbocycles. The van der Waals surface area contributed by atoms with Crippen LogP contribution in [0.2, 0.25) is 0 Å². The molecule has 0 aliphatic heterocycles. The summed E-state index contributed by atoms with van der Waals surface area (Å²) in [5.41, 5.74) is 5.77. The van der Waals surface area contributed by atoms with Crippen LogP contribution in [0.5, 0.6) is 0 Å². The standard InChI is InChI=1S/C6H13NS/c1-8-6-4-2-3-5(6)7/h5-6H,2-4,7H2,1H3/t5-,6+/m0/s1. The molecule has 0 aromatic heterocycles. The van der Waals surface area contributed by atoms with Gasteiger partial charge in [-0.2, -0.15) is 11.8 Å². The summed E-state index contributed by atoms with van der Waals surface area (Å²) in [5.74, 6) is 0. The van der Waals surface area contributed by atoms with Gasteiger partial charge in [-0.25, -0.2) is 0 Å². The van der Waals surface area contributed by atoms with Gasteiger partial charge in [0.1, 0.15) is 0 Å². The Hall–Kier alpha value is 0.310. The van der Waals surface area contributed by atoms with Crippen LogP contribution >= 0.6 is 11.8 Å². The summed E-state index contributed by atoms with van der Waals surface area (Å²) in [6, 6.07) is 0.491. The summed E-state index contributed by atoms with van der Waals surface area (Å²) in [6.07, 6.45) is 6.07. The minimum absolute atomic E-state index is 0.491. The van der Waals surface area contributed by atoms with Crippen LogP contribution in [-0.2, 0) is 0 Å². The Labute approximate surface area is 55.0 Å². The van der Waals surface area contributed by atoms with Crippen molar-refractivity contribution in [1.29, 1.82) is 0 Å². The molecule has 0 aromatic carbocycles. The third kappa shape index (κ3) is 1.17. The van der Waals surface area contributed by atoms with Gasteiger partial charge in [0, 0.05) is 11.3 Å². The normalized spacial score (nSPS) is 38.2. The smallest absolute Gasteiger partial charge is 0.0196 e. The first kappa shape index (κ1) is 6.43. The number of hydrogen-bond donors (Lipinski definition) is 1. The fourth-order valence-electron chi connectivity index (χ4n) is 1.25. The summed E-state index contributed by atoms with van der Waals surface area (Å²) in [7, 11) is 0. The summed E-state index contributed by atoms with van der Waals surface area (Å²) in [6.45, 7) is 0. The van der Waals surface area contributed by atoms with Crippen molar-refractivity contribution in [1.82, 2.24) is 0 Å². The molecule has 0 amide bonds. The van der Waals surface area contributed by atoms with Gasteiger partial charge in [0.2, 0.25) is 0 Å². The van der Waals surface area contributed by atoms with Crippen LogP contribution in [0.1, 0.15) is 19.3 Å². The molecule has 1 rings (SSSR count). The fourth-order valence-corrected chi connectivity index (χ4v) is 2.14. The Morgan fingerprint density at radius 3 is 2.50 bits per heavy atom. The average molecular weight is 131 g/mol. The Morgan fingerprint density at radius 1 is 1.50 bits per heavy atom. The Kier molecular flexibility index (Phi) is 2.20. The van der Waals surface area contributed by atoms with E-state index in [1.165, 1.54) is 19.3 Å². The Balaban J connectivity index is 2.30. The second-order valence-corrected chi connectivity index (χ2v) is 3.45. The summed E-state index contributed by atoms with van der Waals surface area (Å²) in [4.78, 5) is 0. The third-order valence-electron chi connectivity index (χ3n) is 1.81. The molecule has 1 fully saturated rings. The van der Waals surface area contributed by atoms with E-state index in [1.807, 2.05) is 11.8 Å². The van der Waals surface area contributed by atoms with Crippen LogP contribution < -0.4 is 5.73 Å². The monoisotopic (exact) mass is 131 g/mol. The molecule has 1 saturated carbocycles. The van der Waals surface area contributed by atoms with E-state index in [0.29, 0.717) is 6.04 Å². The van der Waals surface area contributed by atoms with E-state index in [9.17, 15) is 0 Å². The lowest BCUT2D eigenvalue weighted by atomic mass is 10.3. The minimum Gasteiger partial charge on any atom is -0.327 e. The molecule has 0 heterocycles. The lowest BCUT2D eigenvalue weighted by Gasteiger charge is -2.10. The van der Waals surface area contributed by atoms with Crippen molar-refractivity contribution in [3.63, 3.8) is 0 Å². The van der Waals surface area contributed by atoms with Gasteiger partial charge in [0.05, 0.1) is 0 Å². The van der Waals surface area contributed by atoms with Gasteiger partial charge in [-0.05, 0) is 19.1 Å². The fraction of sp³-hybridized carbons (Fsp3) is 1.00. The van der Waals surface area contributed by atoms with Crippen molar-refractivity contribution < 1.29 is 0 Å². The lowest BCUT2D eigenvalue weighted by Crippen LogP contribution is -2.25. The molecule has 2 N–H and O–H groups in total. The van der Waals surface area contributed by atoms with Crippen molar-refractivity contribution in [2.75, 3.05) is 6.26 Å². The molecular weight excluding hydrogens is 118 g/mol. The number of nitrogens with two attached hydrogens (primary N) is 1. The maximum Gasteiger partial charge on any atom is 0.0196 e. The van der Waals surface area contributed by atoms with E-state index < -0.39 is 0 Å². The molecule has 8 heavy (non-hydrogen) atoms. The zero-order valence-electron chi connectivity index (χ0n) is 5.26. The Morgan fingerprint density at radius 2 is 2.25 bits per heavy atom. The van der Waals surface area contributed by atoms with E-state index in [-0.39, 0.29) is 0 Å². The van der Waals surface area contributed by atoms with Crippen molar-refractivity contribution in [3.8, 4) is 0 Å². The van der Waals surface area contributed by atoms with Gasteiger partial charge in [0.25, 0.3) is 0 Å². The van der Waals surface area contributed by atoms with Gasteiger partial charge < -0.3 is 5.73 Å². The largest absolute Gasteiger partial charge is 0.327 e. The predicted octanol–water partition coefficient (Wildman–Crippen LogP) is 1.23. The van der Waals surface area contributed by atoms with Crippen molar-refractivity contribution >= 4 is 11.8 Å². The molecule has 0 unspecified atom stereocenters. The molecule has 48 valence electrons. The highest BCUT2D eigenvalue weighted by Gasteiger charge is 2.21. The highest BCUT2D eigenvalue weighted by molar-refractivity contribution is 7.99. The Bertz CT molecular complexity index is 74.9. The van der Waals surface area contributed by atoms with Gasteiger partial charge in [0.15, 0.2) is 0 Å². The highest BCUT2D eigenvalue weighted by atomic mass is 32.2. The molecule has 2 atom stereocenters. The first-order chi connectivity index (χ1) is 3.84. The van der Waals surface area contributed by atoms with Crippen molar-refractivity contribution in [2.45, 2.75) is 30.6 Å². The van der Waals surface area contributed by atoms with E-state index in [4.69, 9.17) is 5.73 Å². The second kappa shape index (κ2) is 2.74. The molecule has 0 saturated heterocycles. The molecule has 1 nitrogen and oxygen atoms in total. The zero-order chi connectivity index (χ0) is 5.98. The molecule has 0 radical (unpaired) electrons. The van der Waals surface area contributed by atoms with Crippen LogP contribution in [0.15, 0.2) is 0 Å². The lowest BCUT2D eigenvalue weighted by molar-refractivity contribution is 0.717. The van der Waals surface area contributed by atoms with Crippen molar-refractivity contribution in [2.24, 2.45) is 5.73 Å². The maximum absolute atomic E-state index is 5.77. The first-order valence-electron chi connectivity index (χ1n) is 3.13. The van der Waals surface area contributed by atoms with E-state index in [1.54, 1.807) is 0 Å². The maximum atomic E-state index is 5.77. The zero-order valence-corrected chi connectivity index (χ0v) is 6.08. The highest BCUT2D eigenvalue weighted by Crippen LogP contribution is 2.26. The van der Waals surface area contributed by atoms with Crippen LogP contribution in [0.25, 0.3) is 0 Å². The summed E-state index contributed by atoms with van der Waals surface area (Å²) < 4.78 is 0. The van der Waals surface area contributed by atoms with Gasteiger partial charge in [-0.15, -0.1) is 0 Å². The molecule has 0 aromatic rings. The first-order valence-corrected chi connectivity index (χ1v) is 4.42. The molecule has 0 bridgehead atoms. The number of hydrogen-bond acceptors (Lipinski definition) is 2. The van der Waals surface area contributed by atoms with Gasteiger partial charge >= 0.3 is 0 Å². The summed E-state index contributed by atoms with van der Waals surface area (Å²) in [5, 5.41) is 0.759. The van der Waals surface area contributed by atoms with Crippen LogP contribution in [0.4, 0.5) is 0 Å². The van der Waals surface area contributed by atoms with E-state index in [2.05, 4.69) is 6.26 Å². The van der Waals surface area contributed by atoms with Crippen molar-refractivity contribution in [3.05, 3.63) is 0 Å². The van der Waals surface area contributed by atoms with E-state index in [0.717, 1.165) is 5.25 Å². The van der Waals surface area contributed by atoms with E-state index >= 15 is 0 Å². The SMILES string of the molecule is CS[C@@H]1CCC[C@@H]1N. The third-order valence-corrected chi connectivity index (χ3v) is 3.00. The number of rotatable bonds is 1. The quantitative estimate of drug-likeness (QED) is 0.579. The number of thioether (sulfide) groups is 1. The van der Waals surface area contributed by atoms with Crippen LogP contribution in [0, 0.1) is 0 Å². The second-order valence-electron chi connectivity index (χ2n) is 2.37. The van der Waals surface area contributed by atoms with Crippen LogP contribution in [0.3, 0.4) is 0 Å². The predicted molar refractivity (Wildman–Crippen MR) is 39.1 cm³/mol. The molecule has 0 spiro atoms. The molecule has 2 heteroatoms. The molecular formula is C6H13NS. The van der Waals surface area contributed by atoms with Gasteiger partial charge in [-0.1, -0.05) is 6.42 Å². The van der Waals surface area contributed by atoms with Crippen LogP contribution in [-0.4, -0.2) is 17.5 Å².